The Morgan fingerprint density at radius 2 is 2.25 bits per heavy atom. The van der Waals surface area contributed by atoms with Gasteiger partial charge in [-0.05, 0) is 22.0 Å². The van der Waals surface area contributed by atoms with Crippen LogP contribution in [0.5, 0.6) is 0 Å². The maximum atomic E-state index is 10.4. The lowest BCUT2D eigenvalue weighted by molar-refractivity contribution is -0.390. The molecule has 0 aromatic carbocycles. The number of hydrogen-bond acceptors (Lipinski definition) is 3. The molecule has 0 saturated carbocycles. The molecule has 1 rings (SSSR count). The van der Waals surface area contributed by atoms with Crippen LogP contribution in [0.25, 0.3) is 0 Å². The highest BCUT2D eigenvalue weighted by atomic mass is 79.9. The van der Waals surface area contributed by atoms with Crippen LogP contribution in [0.4, 0.5) is 5.82 Å². The van der Waals surface area contributed by atoms with Gasteiger partial charge in [0.1, 0.15) is 9.93 Å². The fraction of sp³-hybridized carbons (Fsp3) is 0.167. The van der Waals surface area contributed by atoms with Crippen molar-refractivity contribution in [2.75, 3.05) is 0 Å². The van der Waals surface area contributed by atoms with Gasteiger partial charge < -0.3 is 10.1 Å². The lowest BCUT2D eigenvalue weighted by atomic mass is 10.3. The summed E-state index contributed by atoms with van der Waals surface area (Å²) >= 11 is 6.35. The molecule has 0 N–H and O–H groups in total. The molecule has 1 aromatic heterocycles. The quantitative estimate of drug-likeness (QED) is 0.479. The van der Waals surface area contributed by atoms with E-state index in [1.165, 1.54) is 6.20 Å². The van der Waals surface area contributed by atoms with E-state index in [2.05, 4.69) is 36.8 Å². The summed E-state index contributed by atoms with van der Waals surface area (Å²) in [5, 5.41) is 10.4. The van der Waals surface area contributed by atoms with E-state index in [9.17, 15) is 10.1 Å². The van der Waals surface area contributed by atoms with Gasteiger partial charge in [0.15, 0.2) is 0 Å². The Bertz CT molecular complexity index is 303. The van der Waals surface area contributed by atoms with E-state index in [0.29, 0.717) is 5.56 Å². The molecule has 0 radical (unpaired) electrons. The lowest BCUT2D eigenvalue weighted by Gasteiger charge is -2.00. The summed E-state index contributed by atoms with van der Waals surface area (Å²) in [5.74, 6) is -0.128. The second-order valence-corrected chi connectivity index (χ2v) is 5.03. The van der Waals surface area contributed by atoms with Crippen molar-refractivity contribution in [2.24, 2.45) is 0 Å². The first-order chi connectivity index (χ1) is 5.63. The van der Waals surface area contributed by atoms with E-state index in [1.807, 2.05) is 0 Å². The third-order valence-corrected chi connectivity index (χ3v) is 2.21. The molecule has 1 aromatic rings. The van der Waals surface area contributed by atoms with E-state index in [0.717, 1.165) is 0 Å². The van der Waals surface area contributed by atoms with Crippen LogP contribution in [0.1, 0.15) is 9.30 Å². The molecule has 0 aliphatic rings. The highest BCUT2D eigenvalue weighted by Crippen LogP contribution is 2.33. The number of rotatable bonds is 2. The van der Waals surface area contributed by atoms with Crippen molar-refractivity contribution in [1.29, 1.82) is 0 Å². The molecule has 0 fully saturated rings. The summed E-state index contributed by atoms with van der Waals surface area (Å²) in [6.07, 6.45) is 1.39. The van der Waals surface area contributed by atoms with Crippen LogP contribution < -0.4 is 0 Å². The van der Waals surface area contributed by atoms with Crippen LogP contribution in [0.3, 0.4) is 0 Å². The first-order valence-electron chi connectivity index (χ1n) is 3.00. The highest BCUT2D eigenvalue weighted by molar-refractivity contribution is 9.24. The molecule has 1 heterocycles. The molecule has 0 unspecified atom stereocenters. The zero-order valence-electron chi connectivity index (χ0n) is 5.78. The highest BCUT2D eigenvalue weighted by Gasteiger charge is 2.18. The van der Waals surface area contributed by atoms with Crippen LogP contribution in [-0.2, 0) is 0 Å². The summed E-state index contributed by atoms with van der Waals surface area (Å²) in [7, 11) is 0. The summed E-state index contributed by atoms with van der Waals surface area (Å²) in [6, 6.07) is 3.29. The predicted molar refractivity (Wildman–Crippen MR) is 51.5 cm³/mol. The second kappa shape index (κ2) is 3.95. The molecule has 0 atom stereocenters. The lowest BCUT2D eigenvalue weighted by Crippen LogP contribution is -1.96. The zero-order chi connectivity index (χ0) is 9.14. The smallest absolute Gasteiger partial charge is 0.358 e. The first-order valence-corrected chi connectivity index (χ1v) is 4.83. The molecule has 0 amide bonds. The Kier molecular flexibility index (Phi) is 3.16. The minimum absolute atomic E-state index is 0.128. The van der Waals surface area contributed by atoms with Crippen LogP contribution >= 0.6 is 31.9 Å². The Morgan fingerprint density at radius 1 is 1.58 bits per heavy atom. The third-order valence-electron chi connectivity index (χ3n) is 1.22. The van der Waals surface area contributed by atoms with Crippen molar-refractivity contribution in [2.45, 2.75) is 3.74 Å². The first kappa shape index (κ1) is 9.60. The van der Waals surface area contributed by atoms with E-state index in [4.69, 9.17) is 0 Å². The second-order valence-electron chi connectivity index (χ2n) is 1.97. The molecular formula is C6H4Br2N2O2. The molecule has 0 bridgehead atoms. The van der Waals surface area contributed by atoms with Gasteiger partial charge in [-0.1, -0.05) is 31.9 Å². The topological polar surface area (TPSA) is 56.0 Å². The maximum Gasteiger partial charge on any atom is 0.368 e. The molecule has 0 aliphatic carbocycles. The van der Waals surface area contributed by atoms with Crippen molar-refractivity contribution < 1.29 is 4.92 Å². The normalized spacial score (nSPS) is 10.2. The fourth-order valence-electron chi connectivity index (χ4n) is 0.732. The van der Waals surface area contributed by atoms with Crippen molar-refractivity contribution in [3.8, 4) is 0 Å². The molecule has 0 saturated heterocycles. The Balaban J connectivity index is 3.17. The average molecular weight is 296 g/mol. The number of aromatic nitrogens is 1. The van der Waals surface area contributed by atoms with Crippen LogP contribution in [0, 0.1) is 10.1 Å². The largest absolute Gasteiger partial charge is 0.368 e. The molecule has 0 spiro atoms. The minimum atomic E-state index is -0.509. The third kappa shape index (κ3) is 2.01. The Morgan fingerprint density at radius 3 is 2.67 bits per heavy atom. The van der Waals surface area contributed by atoms with Crippen molar-refractivity contribution >= 4 is 37.7 Å². The predicted octanol–water partition coefficient (Wildman–Crippen LogP) is 2.78. The van der Waals surface area contributed by atoms with Gasteiger partial charge in [0.05, 0.1) is 5.56 Å². The zero-order valence-corrected chi connectivity index (χ0v) is 8.95. The van der Waals surface area contributed by atoms with Crippen LogP contribution in [-0.4, -0.2) is 9.91 Å². The number of nitro groups is 1. The van der Waals surface area contributed by atoms with Gasteiger partial charge in [-0.15, -0.1) is 0 Å². The monoisotopic (exact) mass is 294 g/mol. The molecule has 64 valence electrons. The number of alkyl halides is 2. The van der Waals surface area contributed by atoms with Gasteiger partial charge in [0, 0.05) is 0 Å². The van der Waals surface area contributed by atoms with E-state index in [-0.39, 0.29) is 9.55 Å². The van der Waals surface area contributed by atoms with Crippen molar-refractivity contribution in [3.05, 3.63) is 34.0 Å². The summed E-state index contributed by atoms with van der Waals surface area (Å²) in [6.45, 7) is 0. The number of halogens is 2. The van der Waals surface area contributed by atoms with Gasteiger partial charge in [-0.3, -0.25) is 0 Å². The standard InChI is InChI=1S/C6H4Br2N2O2/c7-5(8)4-2-1-3-9-6(4)10(11)12/h1-3,5H. The fourth-order valence-corrected chi connectivity index (χ4v) is 1.45. The van der Waals surface area contributed by atoms with Crippen LogP contribution in [0.15, 0.2) is 18.3 Å². The number of nitrogens with zero attached hydrogens (tertiary/aromatic N) is 2. The minimum Gasteiger partial charge on any atom is -0.358 e. The maximum absolute atomic E-state index is 10.4. The Hall–Kier alpha value is -0.490. The van der Waals surface area contributed by atoms with Gasteiger partial charge in [-0.25, -0.2) is 0 Å². The molecular weight excluding hydrogens is 292 g/mol. The Labute approximate surface area is 85.4 Å². The molecule has 4 nitrogen and oxygen atoms in total. The summed E-state index contributed by atoms with van der Waals surface area (Å²) in [5.41, 5.74) is 0.516. The molecule has 0 aliphatic heterocycles. The van der Waals surface area contributed by atoms with Gasteiger partial charge in [-0.2, -0.15) is 0 Å². The summed E-state index contributed by atoms with van der Waals surface area (Å²) in [4.78, 5) is 13.6. The van der Waals surface area contributed by atoms with Gasteiger partial charge >= 0.3 is 5.82 Å². The van der Waals surface area contributed by atoms with E-state index < -0.39 is 4.92 Å². The van der Waals surface area contributed by atoms with E-state index >= 15 is 0 Å². The van der Waals surface area contributed by atoms with Crippen molar-refractivity contribution in [1.82, 2.24) is 4.98 Å². The SMILES string of the molecule is O=[N+]([O-])c1ncccc1C(Br)Br. The molecule has 12 heavy (non-hydrogen) atoms. The number of hydrogen-bond donors (Lipinski definition) is 0. The molecule has 6 heteroatoms. The van der Waals surface area contributed by atoms with Gasteiger partial charge in [0.25, 0.3) is 0 Å². The average Bonchev–Trinajstić information content (AvgIpc) is 2.04. The van der Waals surface area contributed by atoms with Crippen LogP contribution in [0.2, 0.25) is 0 Å². The number of pyridine rings is 1. The van der Waals surface area contributed by atoms with E-state index in [1.54, 1.807) is 12.1 Å². The summed E-state index contributed by atoms with van der Waals surface area (Å²) < 4.78 is -0.237. The van der Waals surface area contributed by atoms with Crippen molar-refractivity contribution in [3.63, 3.8) is 0 Å². The van der Waals surface area contributed by atoms with Gasteiger partial charge in [0.2, 0.25) is 0 Å².